The van der Waals surface area contributed by atoms with Gasteiger partial charge in [0, 0.05) is 25.8 Å². The van der Waals surface area contributed by atoms with E-state index in [0.717, 1.165) is 19.4 Å². The van der Waals surface area contributed by atoms with Crippen LogP contribution >= 0.6 is 11.6 Å². The quantitative estimate of drug-likeness (QED) is 0.867. The Hall–Kier alpha value is -1.40. The Kier molecular flexibility index (Phi) is 5.14. The molecule has 1 unspecified atom stereocenters. The molecule has 1 aromatic heterocycles. The van der Waals surface area contributed by atoms with Gasteiger partial charge in [-0.1, -0.05) is 11.6 Å². The van der Waals surface area contributed by atoms with Gasteiger partial charge < -0.3 is 15.3 Å². The SMILES string of the molecule is O=C(O)CNCC1CCCN(c2ncc(Cl)cc2F)C1. The fourth-order valence-electron chi connectivity index (χ4n) is 2.45. The molecule has 2 N–H and O–H groups in total. The zero-order valence-electron chi connectivity index (χ0n) is 11.0. The molecule has 0 aliphatic carbocycles. The van der Waals surface area contributed by atoms with Crippen LogP contribution in [-0.4, -0.2) is 42.2 Å². The van der Waals surface area contributed by atoms with E-state index in [9.17, 15) is 9.18 Å². The highest BCUT2D eigenvalue weighted by Gasteiger charge is 2.23. The van der Waals surface area contributed by atoms with Gasteiger partial charge in [0.05, 0.1) is 11.6 Å². The number of rotatable bonds is 5. The number of carbonyl (C=O) groups is 1. The number of carboxylic acids is 1. The molecule has 0 amide bonds. The van der Waals surface area contributed by atoms with E-state index in [4.69, 9.17) is 16.7 Å². The number of hydrogen-bond acceptors (Lipinski definition) is 4. The van der Waals surface area contributed by atoms with Gasteiger partial charge in [0.15, 0.2) is 11.6 Å². The van der Waals surface area contributed by atoms with Crippen molar-refractivity contribution in [2.75, 3.05) is 31.1 Å². The summed E-state index contributed by atoms with van der Waals surface area (Å²) in [6, 6.07) is 1.26. The molecule has 0 aromatic carbocycles. The van der Waals surface area contributed by atoms with Gasteiger partial charge in [-0.25, -0.2) is 9.37 Å². The first-order valence-electron chi connectivity index (χ1n) is 6.54. The van der Waals surface area contributed by atoms with E-state index in [1.54, 1.807) is 0 Å². The van der Waals surface area contributed by atoms with Gasteiger partial charge in [0.2, 0.25) is 0 Å². The third-order valence-corrected chi connectivity index (χ3v) is 3.52. The molecule has 20 heavy (non-hydrogen) atoms. The summed E-state index contributed by atoms with van der Waals surface area (Å²) in [5, 5.41) is 11.8. The van der Waals surface area contributed by atoms with Crippen molar-refractivity contribution in [1.29, 1.82) is 0 Å². The fourth-order valence-corrected chi connectivity index (χ4v) is 2.59. The molecule has 5 nitrogen and oxygen atoms in total. The zero-order chi connectivity index (χ0) is 14.5. The predicted octanol–water partition coefficient (Wildman–Crippen LogP) is 1.76. The van der Waals surface area contributed by atoms with Gasteiger partial charge in [-0.05, 0) is 24.8 Å². The lowest BCUT2D eigenvalue weighted by Gasteiger charge is -2.33. The average Bonchev–Trinajstić information content (AvgIpc) is 2.38. The van der Waals surface area contributed by atoms with Crippen LogP contribution in [0, 0.1) is 11.7 Å². The maximum atomic E-state index is 13.8. The maximum Gasteiger partial charge on any atom is 0.317 e. The summed E-state index contributed by atoms with van der Waals surface area (Å²) < 4.78 is 13.8. The zero-order valence-corrected chi connectivity index (χ0v) is 11.7. The number of pyridine rings is 1. The van der Waals surface area contributed by atoms with E-state index in [1.807, 2.05) is 4.90 Å². The lowest BCUT2D eigenvalue weighted by molar-refractivity contribution is -0.136. The normalized spacial score (nSPS) is 19.1. The maximum absolute atomic E-state index is 13.8. The number of nitrogens with one attached hydrogen (secondary N) is 1. The average molecular weight is 302 g/mol. The highest BCUT2D eigenvalue weighted by Crippen LogP contribution is 2.25. The lowest BCUT2D eigenvalue weighted by atomic mass is 9.98. The Morgan fingerprint density at radius 1 is 1.65 bits per heavy atom. The van der Waals surface area contributed by atoms with Crippen LogP contribution in [0.2, 0.25) is 5.02 Å². The Morgan fingerprint density at radius 2 is 2.45 bits per heavy atom. The van der Waals surface area contributed by atoms with Gasteiger partial charge >= 0.3 is 5.97 Å². The molecule has 1 fully saturated rings. The fraction of sp³-hybridized carbons (Fsp3) is 0.538. The molecule has 0 saturated carbocycles. The van der Waals surface area contributed by atoms with Crippen molar-refractivity contribution in [1.82, 2.24) is 10.3 Å². The molecule has 2 rings (SSSR count). The first kappa shape index (κ1) is 15.0. The third-order valence-electron chi connectivity index (χ3n) is 3.32. The van der Waals surface area contributed by atoms with Crippen molar-refractivity contribution in [2.24, 2.45) is 5.92 Å². The Labute approximate surface area is 121 Å². The van der Waals surface area contributed by atoms with Gasteiger partial charge in [-0.15, -0.1) is 0 Å². The Morgan fingerprint density at radius 3 is 3.15 bits per heavy atom. The number of carboxylic acid groups (broad SMARTS) is 1. The summed E-state index contributed by atoms with van der Waals surface area (Å²) in [4.78, 5) is 16.4. The lowest BCUT2D eigenvalue weighted by Crippen LogP contribution is -2.41. The van der Waals surface area contributed by atoms with Gasteiger partial charge in [-0.3, -0.25) is 4.79 Å². The van der Waals surface area contributed by atoms with Crippen LogP contribution in [0.1, 0.15) is 12.8 Å². The molecule has 1 saturated heterocycles. The summed E-state index contributed by atoms with van der Waals surface area (Å²) in [5.74, 6) is -0.683. The predicted molar refractivity (Wildman–Crippen MR) is 74.6 cm³/mol. The monoisotopic (exact) mass is 301 g/mol. The second kappa shape index (κ2) is 6.85. The highest BCUT2D eigenvalue weighted by molar-refractivity contribution is 6.30. The molecule has 110 valence electrons. The second-order valence-electron chi connectivity index (χ2n) is 4.94. The molecule has 0 radical (unpaired) electrons. The van der Waals surface area contributed by atoms with E-state index in [0.29, 0.717) is 24.8 Å². The first-order valence-corrected chi connectivity index (χ1v) is 6.92. The molecule has 2 heterocycles. The first-order chi connectivity index (χ1) is 9.56. The van der Waals surface area contributed by atoms with Crippen LogP contribution in [0.15, 0.2) is 12.3 Å². The molecule has 1 aromatic rings. The van der Waals surface area contributed by atoms with Crippen molar-refractivity contribution >= 4 is 23.4 Å². The van der Waals surface area contributed by atoms with Crippen LogP contribution in [0.25, 0.3) is 0 Å². The standard InChI is InChI=1S/C13H17ClFN3O2/c14-10-4-11(15)13(17-6-10)18-3-1-2-9(8-18)5-16-7-12(19)20/h4,6,9,16H,1-3,5,7-8H2,(H,19,20). The van der Waals surface area contributed by atoms with E-state index < -0.39 is 11.8 Å². The minimum absolute atomic E-state index is 0.0515. The van der Waals surface area contributed by atoms with Crippen molar-refractivity contribution in [3.05, 3.63) is 23.1 Å². The van der Waals surface area contributed by atoms with Gasteiger partial charge in [0.25, 0.3) is 0 Å². The third kappa shape index (κ3) is 4.05. The van der Waals surface area contributed by atoms with E-state index in [-0.39, 0.29) is 11.6 Å². The topological polar surface area (TPSA) is 65.5 Å². The number of hydrogen-bond donors (Lipinski definition) is 2. The van der Waals surface area contributed by atoms with Crippen LogP contribution in [0.4, 0.5) is 10.2 Å². The summed E-state index contributed by atoms with van der Waals surface area (Å²) in [6.07, 6.45) is 3.37. The number of piperidine rings is 1. The van der Waals surface area contributed by atoms with Crippen LogP contribution in [-0.2, 0) is 4.79 Å². The largest absolute Gasteiger partial charge is 0.480 e. The number of halogens is 2. The van der Waals surface area contributed by atoms with Crippen molar-refractivity contribution < 1.29 is 14.3 Å². The second-order valence-corrected chi connectivity index (χ2v) is 5.37. The number of aromatic nitrogens is 1. The number of anilines is 1. The Bertz CT molecular complexity index is 487. The highest BCUT2D eigenvalue weighted by atomic mass is 35.5. The van der Waals surface area contributed by atoms with Crippen LogP contribution < -0.4 is 10.2 Å². The summed E-state index contributed by atoms with van der Waals surface area (Å²) in [6.45, 7) is 1.97. The summed E-state index contributed by atoms with van der Waals surface area (Å²) in [7, 11) is 0. The van der Waals surface area contributed by atoms with Gasteiger partial charge in [-0.2, -0.15) is 0 Å². The van der Waals surface area contributed by atoms with E-state index >= 15 is 0 Å². The van der Waals surface area contributed by atoms with Crippen LogP contribution in [0.3, 0.4) is 0 Å². The molecule has 1 aliphatic heterocycles. The van der Waals surface area contributed by atoms with Gasteiger partial charge in [0.1, 0.15) is 0 Å². The minimum atomic E-state index is -0.872. The number of aliphatic carboxylic acids is 1. The summed E-state index contributed by atoms with van der Waals surface area (Å²) >= 11 is 5.70. The molecule has 0 bridgehead atoms. The van der Waals surface area contributed by atoms with E-state index in [2.05, 4.69) is 10.3 Å². The summed E-state index contributed by atoms with van der Waals surface area (Å²) in [5.41, 5.74) is 0. The molecule has 7 heteroatoms. The van der Waals surface area contributed by atoms with Crippen molar-refractivity contribution in [3.8, 4) is 0 Å². The smallest absolute Gasteiger partial charge is 0.317 e. The van der Waals surface area contributed by atoms with Crippen molar-refractivity contribution in [2.45, 2.75) is 12.8 Å². The van der Waals surface area contributed by atoms with Crippen molar-refractivity contribution in [3.63, 3.8) is 0 Å². The molecule has 0 spiro atoms. The van der Waals surface area contributed by atoms with Crippen LogP contribution in [0.5, 0.6) is 0 Å². The molecule has 1 aliphatic rings. The molecular formula is C13H17ClFN3O2. The van der Waals surface area contributed by atoms with E-state index in [1.165, 1.54) is 12.3 Å². The molecule has 1 atom stereocenters. The number of nitrogens with zero attached hydrogens (tertiary/aromatic N) is 2. The molecular weight excluding hydrogens is 285 g/mol. The Balaban J connectivity index is 1.94. The minimum Gasteiger partial charge on any atom is -0.480 e.